The van der Waals surface area contributed by atoms with Gasteiger partial charge in [0.25, 0.3) is 5.91 Å². The highest BCUT2D eigenvalue weighted by Gasteiger charge is 2.25. The Morgan fingerprint density at radius 1 is 1.28 bits per heavy atom. The van der Waals surface area contributed by atoms with Gasteiger partial charge in [-0.3, -0.25) is 4.79 Å². The number of aromatic nitrogens is 1. The molecule has 1 aromatic heterocycles. The topological polar surface area (TPSA) is 45.2 Å². The summed E-state index contributed by atoms with van der Waals surface area (Å²) in [5, 5.41) is 4.19. The first kappa shape index (κ1) is 18.3. The van der Waals surface area contributed by atoms with E-state index in [2.05, 4.69) is 22.1 Å². The smallest absolute Gasteiger partial charge is 0.271 e. The Morgan fingerprint density at radius 2 is 2.08 bits per heavy atom. The maximum Gasteiger partial charge on any atom is 0.271 e. The molecule has 1 saturated heterocycles. The normalized spacial score (nSPS) is 17.0. The molecule has 0 saturated carbocycles. The number of nitrogens with zero attached hydrogens (tertiary/aromatic N) is 2. The van der Waals surface area contributed by atoms with E-state index < -0.39 is 0 Å². The molecule has 2 aromatic rings. The summed E-state index contributed by atoms with van der Waals surface area (Å²) in [7, 11) is 0. The summed E-state index contributed by atoms with van der Waals surface area (Å²) >= 11 is 18.0. The van der Waals surface area contributed by atoms with Gasteiger partial charge in [-0.15, -0.1) is 0 Å². The lowest BCUT2D eigenvalue weighted by atomic mass is 10.1. The zero-order chi connectivity index (χ0) is 18.0. The number of anilines is 1. The molecule has 1 aliphatic rings. The fourth-order valence-corrected chi connectivity index (χ4v) is 3.54. The summed E-state index contributed by atoms with van der Waals surface area (Å²) in [6.07, 6.45) is 1.00. The molecule has 4 nitrogen and oxygen atoms in total. The van der Waals surface area contributed by atoms with Gasteiger partial charge in [-0.1, -0.05) is 40.9 Å². The van der Waals surface area contributed by atoms with E-state index in [0.29, 0.717) is 17.5 Å². The molecule has 1 fully saturated rings. The van der Waals surface area contributed by atoms with Gasteiger partial charge in [0.15, 0.2) is 0 Å². The average molecular weight is 399 g/mol. The van der Waals surface area contributed by atoms with Crippen molar-refractivity contribution >= 4 is 46.4 Å². The molecule has 2 heterocycles. The average Bonchev–Trinajstić information content (AvgIpc) is 3.06. The third-order valence-corrected chi connectivity index (χ3v) is 5.13. The van der Waals surface area contributed by atoms with Gasteiger partial charge in [-0.2, -0.15) is 0 Å². The van der Waals surface area contributed by atoms with Crippen molar-refractivity contribution in [2.24, 2.45) is 5.92 Å². The molecular weight excluding hydrogens is 381 g/mol. The van der Waals surface area contributed by atoms with Crippen molar-refractivity contribution < 1.29 is 4.79 Å². The molecule has 132 valence electrons. The first-order chi connectivity index (χ1) is 11.9. The molecule has 1 N–H and O–H groups in total. The molecular formula is C18H18Cl3N3O. The number of amides is 1. The molecule has 1 amide bonds. The summed E-state index contributed by atoms with van der Waals surface area (Å²) in [6.45, 7) is 4.46. The van der Waals surface area contributed by atoms with E-state index in [1.807, 2.05) is 18.2 Å². The summed E-state index contributed by atoms with van der Waals surface area (Å²) in [4.78, 5) is 18.6. The Bertz CT molecular complexity index is 797. The molecule has 1 atom stereocenters. The van der Waals surface area contributed by atoms with Crippen LogP contribution >= 0.6 is 34.8 Å². The van der Waals surface area contributed by atoms with E-state index in [1.54, 1.807) is 12.1 Å². The first-order valence-corrected chi connectivity index (χ1v) is 9.19. The minimum atomic E-state index is -0.301. The zero-order valence-corrected chi connectivity index (χ0v) is 16.0. The van der Waals surface area contributed by atoms with Crippen molar-refractivity contribution in [1.82, 2.24) is 10.3 Å². The molecule has 1 aliphatic heterocycles. The van der Waals surface area contributed by atoms with Crippen LogP contribution in [0.2, 0.25) is 15.2 Å². The number of nitrogens with one attached hydrogen (secondary N) is 1. The van der Waals surface area contributed by atoms with Crippen LogP contribution in [-0.4, -0.2) is 30.5 Å². The predicted octanol–water partition coefficient (Wildman–Crippen LogP) is 4.61. The Labute approximate surface area is 162 Å². The van der Waals surface area contributed by atoms with E-state index in [-0.39, 0.29) is 16.8 Å². The summed E-state index contributed by atoms with van der Waals surface area (Å²) < 4.78 is 0. The first-order valence-electron chi connectivity index (χ1n) is 8.05. The van der Waals surface area contributed by atoms with E-state index in [1.165, 1.54) is 5.56 Å². The van der Waals surface area contributed by atoms with Gasteiger partial charge in [0.1, 0.15) is 10.8 Å². The molecule has 0 aliphatic carbocycles. The SMILES string of the molecule is Cc1ccc(Cl)cc1N1CCC(CNC(=O)c2nc(Cl)ccc2Cl)C1. The number of carbonyl (C=O) groups excluding carboxylic acids is 1. The van der Waals surface area contributed by atoms with Gasteiger partial charge in [0, 0.05) is 30.3 Å². The number of aryl methyl sites for hydroxylation is 1. The number of carbonyl (C=O) groups is 1. The van der Waals surface area contributed by atoms with Gasteiger partial charge < -0.3 is 10.2 Å². The molecule has 7 heteroatoms. The van der Waals surface area contributed by atoms with Crippen LogP contribution in [0.1, 0.15) is 22.5 Å². The lowest BCUT2D eigenvalue weighted by molar-refractivity contribution is 0.0943. The van der Waals surface area contributed by atoms with Crippen molar-refractivity contribution in [3.8, 4) is 0 Å². The fraction of sp³-hybridized carbons (Fsp3) is 0.333. The van der Waals surface area contributed by atoms with E-state index >= 15 is 0 Å². The second kappa shape index (κ2) is 7.81. The molecule has 0 bridgehead atoms. The highest BCUT2D eigenvalue weighted by Crippen LogP contribution is 2.29. The predicted molar refractivity (Wildman–Crippen MR) is 103 cm³/mol. The van der Waals surface area contributed by atoms with Gasteiger partial charge in [0.05, 0.1) is 5.02 Å². The number of hydrogen-bond donors (Lipinski definition) is 1. The monoisotopic (exact) mass is 397 g/mol. The van der Waals surface area contributed by atoms with Crippen molar-refractivity contribution in [3.63, 3.8) is 0 Å². The standard InChI is InChI=1S/C18H18Cl3N3O/c1-11-2-3-13(19)8-15(11)24-7-6-12(10-24)9-22-18(25)17-14(20)4-5-16(21)23-17/h2-5,8,12H,6-7,9-10H2,1H3,(H,22,25). The quantitative estimate of drug-likeness (QED) is 0.765. The minimum absolute atomic E-state index is 0.162. The Hall–Kier alpha value is -1.49. The third kappa shape index (κ3) is 4.38. The molecule has 1 unspecified atom stereocenters. The van der Waals surface area contributed by atoms with Crippen LogP contribution in [0.4, 0.5) is 5.69 Å². The van der Waals surface area contributed by atoms with Crippen molar-refractivity contribution in [1.29, 1.82) is 0 Å². The molecule has 1 aromatic carbocycles. The van der Waals surface area contributed by atoms with Gasteiger partial charge in [0.2, 0.25) is 0 Å². The van der Waals surface area contributed by atoms with Gasteiger partial charge in [-0.25, -0.2) is 4.98 Å². The lowest BCUT2D eigenvalue weighted by Gasteiger charge is -2.21. The van der Waals surface area contributed by atoms with Crippen LogP contribution < -0.4 is 10.2 Å². The minimum Gasteiger partial charge on any atom is -0.371 e. The van der Waals surface area contributed by atoms with Crippen LogP contribution in [0.25, 0.3) is 0 Å². The fourth-order valence-electron chi connectivity index (χ4n) is 3.04. The largest absolute Gasteiger partial charge is 0.371 e. The van der Waals surface area contributed by atoms with Crippen LogP contribution in [0.5, 0.6) is 0 Å². The third-order valence-electron chi connectivity index (χ3n) is 4.38. The van der Waals surface area contributed by atoms with Crippen LogP contribution in [0, 0.1) is 12.8 Å². The summed E-state index contributed by atoms with van der Waals surface area (Å²) in [5.41, 5.74) is 2.51. The number of hydrogen-bond acceptors (Lipinski definition) is 3. The highest BCUT2D eigenvalue weighted by molar-refractivity contribution is 6.34. The van der Waals surface area contributed by atoms with E-state index in [9.17, 15) is 4.79 Å². The van der Waals surface area contributed by atoms with Gasteiger partial charge >= 0.3 is 0 Å². The van der Waals surface area contributed by atoms with Gasteiger partial charge in [-0.05, 0) is 49.1 Å². The molecule has 0 spiro atoms. The van der Waals surface area contributed by atoms with Crippen LogP contribution in [0.15, 0.2) is 30.3 Å². The molecule has 3 rings (SSSR count). The van der Waals surface area contributed by atoms with Crippen molar-refractivity contribution in [3.05, 3.63) is 56.8 Å². The second-order valence-corrected chi connectivity index (χ2v) is 7.44. The summed E-state index contributed by atoms with van der Waals surface area (Å²) in [5.74, 6) is 0.0603. The number of halogens is 3. The number of rotatable bonds is 4. The second-order valence-electron chi connectivity index (χ2n) is 6.21. The van der Waals surface area contributed by atoms with Crippen molar-refractivity contribution in [2.75, 3.05) is 24.5 Å². The Kier molecular flexibility index (Phi) is 5.72. The van der Waals surface area contributed by atoms with E-state index in [4.69, 9.17) is 34.8 Å². The van der Waals surface area contributed by atoms with E-state index in [0.717, 1.165) is 30.2 Å². The van der Waals surface area contributed by atoms with Crippen LogP contribution in [-0.2, 0) is 0 Å². The maximum atomic E-state index is 12.3. The molecule has 25 heavy (non-hydrogen) atoms. The highest BCUT2D eigenvalue weighted by atomic mass is 35.5. The summed E-state index contributed by atoms with van der Waals surface area (Å²) in [6, 6.07) is 9.05. The zero-order valence-electron chi connectivity index (χ0n) is 13.7. The maximum absolute atomic E-state index is 12.3. The van der Waals surface area contributed by atoms with Crippen LogP contribution in [0.3, 0.4) is 0 Å². The number of pyridine rings is 1. The Morgan fingerprint density at radius 3 is 2.88 bits per heavy atom. The Balaban J connectivity index is 1.59. The number of benzene rings is 1. The van der Waals surface area contributed by atoms with Crippen molar-refractivity contribution in [2.45, 2.75) is 13.3 Å². The lowest BCUT2D eigenvalue weighted by Crippen LogP contribution is -2.31. The molecule has 0 radical (unpaired) electrons.